The maximum absolute atomic E-state index is 13.5. The van der Waals surface area contributed by atoms with Crippen LogP contribution < -0.4 is 10.5 Å². The van der Waals surface area contributed by atoms with Crippen molar-refractivity contribution in [1.29, 1.82) is 0 Å². The fourth-order valence-electron chi connectivity index (χ4n) is 2.27. The number of likely N-dealkylation sites (tertiary alicyclic amines) is 1. The second-order valence-electron chi connectivity index (χ2n) is 4.91. The first-order valence-electron chi connectivity index (χ1n) is 6.66. The first kappa shape index (κ1) is 14.5. The highest BCUT2D eigenvalue weighted by Gasteiger charge is 2.19. The predicted octanol–water partition coefficient (Wildman–Crippen LogP) is 1.80. The van der Waals surface area contributed by atoms with E-state index in [1.54, 1.807) is 17.0 Å². The highest BCUT2D eigenvalue weighted by Crippen LogP contribution is 2.18. The van der Waals surface area contributed by atoms with E-state index in [0.29, 0.717) is 12.1 Å². The highest BCUT2D eigenvalue weighted by molar-refractivity contribution is 5.91. The molecule has 1 heterocycles. The van der Waals surface area contributed by atoms with Gasteiger partial charge in [-0.1, -0.05) is 6.07 Å². The summed E-state index contributed by atoms with van der Waals surface area (Å²) < 4.78 is 18.4. The van der Waals surface area contributed by atoms with Gasteiger partial charge in [0.2, 0.25) is 5.91 Å². The van der Waals surface area contributed by atoms with Gasteiger partial charge >= 0.3 is 0 Å². The van der Waals surface area contributed by atoms with Crippen molar-refractivity contribution >= 4 is 12.0 Å². The van der Waals surface area contributed by atoms with Crippen molar-refractivity contribution < 1.29 is 13.9 Å². The summed E-state index contributed by atoms with van der Waals surface area (Å²) in [5.74, 6) is -0.339. The first-order chi connectivity index (χ1) is 9.60. The summed E-state index contributed by atoms with van der Waals surface area (Å²) in [7, 11) is 1.41. The third-order valence-corrected chi connectivity index (χ3v) is 3.36. The van der Waals surface area contributed by atoms with E-state index in [2.05, 4.69) is 0 Å². The first-order valence-corrected chi connectivity index (χ1v) is 6.66. The molecule has 1 aromatic rings. The van der Waals surface area contributed by atoms with Crippen LogP contribution in [0.15, 0.2) is 24.3 Å². The Bertz CT molecular complexity index is 517. The molecule has 4 nitrogen and oxygen atoms in total. The largest absolute Gasteiger partial charge is 0.494 e. The SMILES string of the molecule is COc1ccc(/C=C/C(=O)N2CCCC(N)C2)cc1F. The molecule has 0 saturated carbocycles. The fourth-order valence-corrected chi connectivity index (χ4v) is 2.27. The van der Waals surface area contributed by atoms with E-state index in [4.69, 9.17) is 10.5 Å². The molecule has 1 aliphatic rings. The lowest BCUT2D eigenvalue weighted by atomic mass is 10.1. The van der Waals surface area contributed by atoms with Gasteiger partial charge in [0.1, 0.15) is 0 Å². The molecule has 1 atom stereocenters. The molecule has 0 radical (unpaired) electrons. The Balaban J connectivity index is 2.01. The number of rotatable bonds is 3. The van der Waals surface area contributed by atoms with Gasteiger partial charge in [-0.2, -0.15) is 0 Å². The van der Waals surface area contributed by atoms with Crippen LogP contribution in [0, 0.1) is 5.82 Å². The number of amides is 1. The minimum absolute atomic E-state index is 0.0551. The van der Waals surface area contributed by atoms with E-state index in [9.17, 15) is 9.18 Å². The molecular weight excluding hydrogens is 259 g/mol. The lowest BCUT2D eigenvalue weighted by Crippen LogP contribution is -2.45. The van der Waals surface area contributed by atoms with E-state index in [-0.39, 0.29) is 17.7 Å². The normalized spacial score (nSPS) is 19.4. The van der Waals surface area contributed by atoms with Crippen LogP contribution >= 0.6 is 0 Å². The Labute approximate surface area is 118 Å². The van der Waals surface area contributed by atoms with Gasteiger partial charge in [0.05, 0.1) is 7.11 Å². The Morgan fingerprint density at radius 1 is 1.55 bits per heavy atom. The molecule has 1 fully saturated rings. The van der Waals surface area contributed by atoms with Crippen LogP contribution in [0.1, 0.15) is 18.4 Å². The molecule has 2 rings (SSSR count). The zero-order valence-corrected chi connectivity index (χ0v) is 11.5. The Morgan fingerprint density at radius 2 is 2.35 bits per heavy atom. The maximum atomic E-state index is 13.5. The number of piperidine rings is 1. The van der Waals surface area contributed by atoms with Crippen LogP contribution in [0.25, 0.3) is 6.08 Å². The van der Waals surface area contributed by atoms with Gasteiger partial charge in [-0.3, -0.25) is 4.79 Å². The zero-order valence-electron chi connectivity index (χ0n) is 11.5. The highest BCUT2D eigenvalue weighted by atomic mass is 19.1. The van der Waals surface area contributed by atoms with E-state index in [1.165, 1.54) is 25.3 Å². The van der Waals surface area contributed by atoms with Crippen molar-refractivity contribution in [3.8, 4) is 5.75 Å². The van der Waals surface area contributed by atoms with Gasteiger partial charge < -0.3 is 15.4 Å². The molecule has 2 N–H and O–H groups in total. The zero-order chi connectivity index (χ0) is 14.5. The average molecular weight is 278 g/mol. The molecule has 1 unspecified atom stereocenters. The topological polar surface area (TPSA) is 55.6 Å². The van der Waals surface area contributed by atoms with Crippen molar-refractivity contribution in [3.63, 3.8) is 0 Å². The number of methoxy groups -OCH3 is 1. The number of hydrogen-bond donors (Lipinski definition) is 1. The van der Waals surface area contributed by atoms with E-state index >= 15 is 0 Å². The summed E-state index contributed by atoms with van der Waals surface area (Å²) in [5.41, 5.74) is 6.46. The molecule has 0 aromatic heterocycles. The quantitative estimate of drug-likeness (QED) is 0.858. The molecule has 1 aliphatic heterocycles. The molecule has 20 heavy (non-hydrogen) atoms. The third-order valence-electron chi connectivity index (χ3n) is 3.36. The molecule has 1 amide bonds. The van der Waals surface area contributed by atoms with Crippen LogP contribution in [0.5, 0.6) is 5.75 Å². The van der Waals surface area contributed by atoms with Crippen LogP contribution in [0.3, 0.4) is 0 Å². The van der Waals surface area contributed by atoms with Crippen molar-refractivity contribution in [2.75, 3.05) is 20.2 Å². The predicted molar refractivity (Wildman–Crippen MR) is 75.8 cm³/mol. The van der Waals surface area contributed by atoms with E-state index in [0.717, 1.165) is 19.4 Å². The summed E-state index contributed by atoms with van der Waals surface area (Å²) in [6.45, 7) is 1.31. The van der Waals surface area contributed by atoms with Gasteiger partial charge in [-0.15, -0.1) is 0 Å². The smallest absolute Gasteiger partial charge is 0.246 e. The lowest BCUT2D eigenvalue weighted by molar-refractivity contribution is -0.127. The third kappa shape index (κ3) is 3.57. The average Bonchev–Trinajstić information content (AvgIpc) is 2.45. The number of carbonyl (C=O) groups is 1. The van der Waals surface area contributed by atoms with Gasteiger partial charge in [0.15, 0.2) is 11.6 Å². The van der Waals surface area contributed by atoms with Crippen LogP contribution in [-0.4, -0.2) is 37.0 Å². The van der Waals surface area contributed by atoms with Gasteiger partial charge in [-0.05, 0) is 36.6 Å². The molecule has 0 bridgehead atoms. The van der Waals surface area contributed by atoms with Crippen molar-refractivity contribution in [1.82, 2.24) is 4.90 Å². The molecule has 1 saturated heterocycles. The van der Waals surface area contributed by atoms with Gasteiger partial charge in [0.25, 0.3) is 0 Å². The fraction of sp³-hybridized carbons (Fsp3) is 0.400. The lowest BCUT2D eigenvalue weighted by Gasteiger charge is -2.29. The van der Waals surface area contributed by atoms with E-state index in [1.807, 2.05) is 0 Å². The molecule has 0 aliphatic carbocycles. The van der Waals surface area contributed by atoms with Crippen molar-refractivity contribution in [2.24, 2.45) is 5.73 Å². The van der Waals surface area contributed by atoms with E-state index < -0.39 is 5.82 Å². The minimum atomic E-state index is -0.443. The van der Waals surface area contributed by atoms with Crippen molar-refractivity contribution in [2.45, 2.75) is 18.9 Å². The summed E-state index contributed by atoms with van der Waals surface area (Å²) in [4.78, 5) is 13.7. The maximum Gasteiger partial charge on any atom is 0.246 e. The van der Waals surface area contributed by atoms with Crippen LogP contribution in [0.2, 0.25) is 0 Å². The second-order valence-corrected chi connectivity index (χ2v) is 4.91. The van der Waals surface area contributed by atoms with Crippen molar-refractivity contribution in [3.05, 3.63) is 35.7 Å². The van der Waals surface area contributed by atoms with Gasteiger partial charge in [-0.25, -0.2) is 4.39 Å². The molecule has 1 aromatic carbocycles. The van der Waals surface area contributed by atoms with Crippen LogP contribution in [-0.2, 0) is 4.79 Å². The number of nitrogens with zero attached hydrogens (tertiary/aromatic N) is 1. The van der Waals surface area contributed by atoms with Gasteiger partial charge in [0, 0.05) is 25.2 Å². The molecular formula is C15H19FN2O2. The molecule has 5 heteroatoms. The Morgan fingerprint density at radius 3 is 3.00 bits per heavy atom. The standard InChI is InChI=1S/C15H19FN2O2/c1-20-14-6-4-11(9-13(14)16)5-7-15(19)18-8-2-3-12(17)10-18/h4-7,9,12H,2-3,8,10,17H2,1H3/b7-5+. The van der Waals surface area contributed by atoms with Crippen LogP contribution in [0.4, 0.5) is 4.39 Å². The second kappa shape index (κ2) is 6.52. The number of halogens is 1. The summed E-state index contributed by atoms with van der Waals surface area (Å²) in [6, 6.07) is 4.63. The number of carbonyl (C=O) groups excluding carboxylic acids is 1. The Kier molecular flexibility index (Phi) is 4.74. The summed E-state index contributed by atoms with van der Waals surface area (Å²) in [5, 5.41) is 0. The number of hydrogen-bond acceptors (Lipinski definition) is 3. The monoisotopic (exact) mass is 278 g/mol. The minimum Gasteiger partial charge on any atom is -0.494 e. The summed E-state index contributed by atoms with van der Waals surface area (Å²) >= 11 is 0. The number of nitrogens with two attached hydrogens (primary N) is 1. The molecule has 108 valence electrons. The Hall–Kier alpha value is -1.88. The number of benzene rings is 1. The summed E-state index contributed by atoms with van der Waals surface area (Å²) in [6.07, 6.45) is 4.94. The molecule has 0 spiro atoms. The number of ether oxygens (including phenoxy) is 1.